The van der Waals surface area contributed by atoms with Crippen LogP contribution in [0.5, 0.6) is 0 Å². The first kappa shape index (κ1) is 21.0. The zero-order valence-corrected chi connectivity index (χ0v) is 19.4. The Morgan fingerprint density at radius 3 is 1.91 bits per heavy atom. The number of halogens is 2. The molecule has 2 heterocycles. The lowest BCUT2D eigenvalue weighted by Crippen LogP contribution is -2.23. The summed E-state index contributed by atoms with van der Waals surface area (Å²) >= 11 is 14.1. The van der Waals surface area contributed by atoms with Crippen molar-refractivity contribution in [2.24, 2.45) is 0 Å². The molecule has 0 unspecified atom stereocenters. The van der Waals surface area contributed by atoms with Crippen molar-refractivity contribution in [1.82, 2.24) is 9.97 Å². The minimum absolute atomic E-state index is 0.253. The maximum absolute atomic E-state index is 6.39. The number of hydrogen-bond acceptors (Lipinski definition) is 4. The Labute approximate surface area is 200 Å². The van der Waals surface area contributed by atoms with Crippen LogP contribution in [0.3, 0.4) is 0 Å². The lowest BCUT2D eigenvalue weighted by Gasteiger charge is -2.25. The third-order valence-corrected chi connectivity index (χ3v) is 6.57. The molecule has 158 valence electrons. The Hall–Kier alpha value is -2.92. The van der Waals surface area contributed by atoms with Crippen LogP contribution in [0.2, 0.25) is 10.3 Å². The molecule has 0 fully saturated rings. The van der Waals surface area contributed by atoms with Crippen LogP contribution in [0.15, 0.2) is 90.3 Å². The first-order chi connectivity index (χ1) is 15.7. The normalized spacial score (nSPS) is 11.1. The van der Waals surface area contributed by atoms with Gasteiger partial charge in [0.2, 0.25) is 5.28 Å². The zero-order valence-electron chi connectivity index (χ0n) is 17.1. The number of rotatable bonds is 6. The van der Waals surface area contributed by atoms with Gasteiger partial charge in [0.05, 0.1) is 5.39 Å². The van der Waals surface area contributed by atoms with Crippen molar-refractivity contribution in [2.45, 2.75) is 13.1 Å². The van der Waals surface area contributed by atoms with E-state index < -0.39 is 0 Å². The summed E-state index contributed by atoms with van der Waals surface area (Å²) in [5.41, 5.74) is 4.57. The highest BCUT2D eigenvalue weighted by Gasteiger charge is 2.20. The molecule has 5 aromatic rings. The molecule has 6 heteroatoms. The molecule has 0 saturated carbocycles. The summed E-state index contributed by atoms with van der Waals surface area (Å²) in [6, 6.07) is 28.7. The van der Waals surface area contributed by atoms with Crippen molar-refractivity contribution < 1.29 is 0 Å². The van der Waals surface area contributed by atoms with E-state index in [4.69, 9.17) is 28.2 Å². The van der Waals surface area contributed by atoms with E-state index in [9.17, 15) is 0 Å². The van der Waals surface area contributed by atoms with Crippen molar-refractivity contribution >= 4 is 50.6 Å². The maximum Gasteiger partial charge on any atom is 0.225 e. The molecule has 0 spiro atoms. The van der Waals surface area contributed by atoms with Crippen molar-refractivity contribution in [1.29, 1.82) is 0 Å². The monoisotopic (exact) mass is 475 g/mol. The number of anilines is 1. The summed E-state index contributed by atoms with van der Waals surface area (Å²) in [4.78, 5) is 12.4. The van der Waals surface area contributed by atoms with Gasteiger partial charge in [-0.15, -0.1) is 11.3 Å². The highest BCUT2D eigenvalue weighted by atomic mass is 35.5. The summed E-state index contributed by atoms with van der Waals surface area (Å²) in [7, 11) is 0. The van der Waals surface area contributed by atoms with Crippen LogP contribution in [0, 0.1) is 0 Å². The number of benzene rings is 3. The topological polar surface area (TPSA) is 29.0 Å². The minimum atomic E-state index is 0.253. The van der Waals surface area contributed by atoms with Crippen LogP contribution >= 0.6 is 34.5 Å². The van der Waals surface area contributed by atoms with E-state index in [1.54, 1.807) is 11.3 Å². The fourth-order valence-corrected chi connectivity index (χ4v) is 5.06. The third kappa shape index (κ3) is 4.49. The molecule has 0 aliphatic rings. The summed E-state index contributed by atoms with van der Waals surface area (Å²) in [5.74, 6) is 0.832. The smallest absolute Gasteiger partial charge is 0.225 e. The standard InChI is InChI=1S/C26H19Cl2N3S/c27-21-13-11-20(12-14-21)22-17-32-25-23(22)24(29-26(28)30-25)31(15-18-7-3-1-4-8-18)16-19-9-5-2-6-10-19/h1-14,17H,15-16H2. The van der Waals surface area contributed by atoms with Crippen LogP contribution in [0.25, 0.3) is 21.3 Å². The van der Waals surface area contributed by atoms with E-state index in [0.717, 1.165) is 27.2 Å². The second kappa shape index (κ2) is 9.29. The third-order valence-electron chi connectivity index (χ3n) is 5.27. The summed E-state index contributed by atoms with van der Waals surface area (Å²) in [6.45, 7) is 1.40. The molecular formula is C26H19Cl2N3S. The molecule has 0 aliphatic heterocycles. The highest BCUT2D eigenvalue weighted by molar-refractivity contribution is 7.17. The molecule has 0 bridgehead atoms. The first-order valence-electron chi connectivity index (χ1n) is 10.2. The molecule has 32 heavy (non-hydrogen) atoms. The predicted molar refractivity (Wildman–Crippen MR) is 136 cm³/mol. The Kier molecular flexibility index (Phi) is 6.08. The maximum atomic E-state index is 6.39. The molecule has 2 aromatic heterocycles. The van der Waals surface area contributed by atoms with Gasteiger partial charge < -0.3 is 4.90 Å². The van der Waals surface area contributed by atoms with Gasteiger partial charge in [-0.1, -0.05) is 84.4 Å². The van der Waals surface area contributed by atoms with Crippen molar-refractivity contribution in [3.8, 4) is 11.1 Å². The second-order valence-corrected chi connectivity index (χ2v) is 9.11. The van der Waals surface area contributed by atoms with Gasteiger partial charge in [-0.2, -0.15) is 4.98 Å². The van der Waals surface area contributed by atoms with Crippen LogP contribution in [-0.4, -0.2) is 9.97 Å². The molecule has 0 radical (unpaired) electrons. The van der Waals surface area contributed by atoms with Crippen LogP contribution in [0.1, 0.15) is 11.1 Å². The average Bonchev–Trinajstić information content (AvgIpc) is 3.24. The zero-order chi connectivity index (χ0) is 21.9. The predicted octanol–water partition coefficient (Wildman–Crippen LogP) is 7.87. The second-order valence-electron chi connectivity index (χ2n) is 7.48. The highest BCUT2D eigenvalue weighted by Crippen LogP contribution is 2.40. The number of hydrogen-bond donors (Lipinski definition) is 0. The van der Waals surface area contributed by atoms with E-state index in [1.165, 1.54) is 11.1 Å². The summed E-state index contributed by atoms with van der Waals surface area (Å²) < 4.78 is 0. The average molecular weight is 476 g/mol. The lowest BCUT2D eigenvalue weighted by molar-refractivity contribution is 0.786. The Morgan fingerprint density at radius 1 is 0.719 bits per heavy atom. The van der Waals surface area contributed by atoms with Gasteiger partial charge in [-0.3, -0.25) is 0 Å². The van der Waals surface area contributed by atoms with Crippen molar-refractivity contribution in [2.75, 3.05) is 4.90 Å². The largest absolute Gasteiger partial charge is 0.347 e. The van der Waals surface area contributed by atoms with E-state index >= 15 is 0 Å². The Bertz CT molecular complexity index is 1300. The van der Waals surface area contributed by atoms with Crippen molar-refractivity contribution in [3.05, 3.63) is 112 Å². The minimum Gasteiger partial charge on any atom is -0.347 e. The number of fused-ring (bicyclic) bond motifs is 1. The van der Waals surface area contributed by atoms with Crippen LogP contribution in [-0.2, 0) is 13.1 Å². The fourth-order valence-electron chi connectivity index (χ4n) is 3.78. The van der Waals surface area contributed by atoms with Gasteiger partial charge in [0.15, 0.2) is 0 Å². The molecule has 5 rings (SSSR count). The summed E-state index contributed by atoms with van der Waals surface area (Å²) in [5, 5.41) is 4.09. The van der Waals surface area contributed by atoms with E-state index in [2.05, 4.69) is 63.8 Å². The van der Waals surface area contributed by atoms with Gasteiger partial charge in [-0.25, -0.2) is 4.98 Å². The number of nitrogens with zero attached hydrogens (tertiary/aromatic N) is 3. The van der Waals surface area contributed by atoms with Gasteiger partial charge >= 0.3 is 0 Å². The molecule has 0 atom stereocenters. The molecule has 0 amide bonds. The van der Waals surface area contributed by atoms with E-state index in [1.807, 2.05) is 36.4 Å². The molecule has 3 nitrogen and oxygen atoms in total. The van der Waals surface area contributed by atoms with Gasteiger partial charge in [0.25, 0.3) is 0 Å². The quantitative estimate of drug-likeness (QED) is 0.234. The van der Waals surface area contributed by atoms with Gasteiger partial charge in [0.1, 0.15) is 10.6 Å². The van der Waals surface area contributed by atoms with Crippen LogP contribution < -0.4 is 4.90 Å². The molecule has 0 aliphatic carbocycles. The molecule has 3 aromatic carbocycles. The molecule has 0 N–H and O–H groups in total. The van der Waals surface area contributed by atoms with Gasteiger partial charge in [0, 0.05) is 29.1 Å². The van der Waals surface area contributed by atoms with E-state index in [0.29, 0.717) is 18.1 Å². The Morgan fingerprint density at radius 2 is 1.31 bits per heavy atom. The SMILES string of the molecule is Clc1ccc(-c2csc3nc(Cl)nc(N(Cc4ccccc4)Cc4ccccc4)c23)cc1. The summed E-state index contributed by atoms with van der Waals surface area (Å²) in [6.07, 6.45) is 0. The molecule has 0 saturated heterocycles. The number of aromatic nitrogens is 2. The van der Waals surface area contributed by atoms with Gasteiger partial charge in [-0.05, 0) is 40.4 Å². The van der Waals surface area contributed by atoms with Crippen molar-refractivity contribution in [3.63, 3.8) is 0 Å². The number of thiophene rings is 1. The molecular weight excluding hydrogens is 457 g/mol. The fraction of sp³-hybridized carbons (Fsp3) is 0.0769. The lowest BCUT2D eigenvalue weighted by atomic mass is 10.1. The van der Waals surface area contributed by atoms with E-state index in [-0.39, 0.29) is 5.28 Å². The Balaban J connectivity index is 1.67. The first-order valence-corrected chi connectivity index (χ1v) is 11.8. The van der Waals surface area contributed by atoms with Crippen LogP contribution in [0.4, 0.5) is 5.82 Å².